The van der Waals surface area contributed by atoms with Gasteiger partial charge >= 0.3 is 0 Å². The summed E-state index contributed by atoms with van der Waals surface area (Å²) in [5.41, 5.74) is 3.71. The molecule has 0 radical (unpaired) electrons. The maximum absolute atomic E-state index is 12.1. The van der Waals surface area contributed by atoms with Crippen LogP contribution in [-0.2, 0) is 21.2 Å². The minimum absolute atomic E-state index is 0.293. The Hall–Kier alpha value is -3.37. The molecule has 30 heavy (non-hydrogen) atoms. The zero-order valence-corrected chi connectivity index (χ0v) is 17.0. The number of imide groups is 1. The summed E-state index contributed by atoms with van der Waals surface area (Å²) >= 11 is 0.867. The summed E-state index contributed by atoms with van der Waals surface area (Å²) in [5.74, 6) is -0.404. The van der Waals surface area contributed by atoms with Gasteiger partial charge in [-0.15, -0.1) is 0 Å². The minimum atomic E-state index is -3.36. The van der Waals surface area contributed by atoms with E-state index < -0.39 is 15.7 Å². The highest BCUT2D eigenvalue weighted by atomic mass is 32.2. The molecule has 1 saturated heterocycles. The largest absolute Gasteiger partial charge is 0.379 e. The zero-order chi connectivity index (χ0) is 20.9. The quantitative estimate of drug-likeness (QED) is 0.603. The number of nitrogens with one attached hydrogen (secondary N) is 2. The number of aromatic nitrogens is 2. The van der Waals surface area contributed by atoms with Crippen molar-refractivity contribution in [2.45, 2.75) is 11.4 Å². The van der Waals surface area contributed by atoms with Gasteiger partial charge in [-0.2, -0.15) is 0 Å². The van der Waals surface area contributed by atoms with E-state index in [-0.39, 0.29) is 5.24 Å². The third-order valence-corrected chi connectivity index (χ3v) is 7.04. The summed E-state index contributed by atoms with van der Waals surface area (Å²) in [7, 11) is -3.36. The number of imidazole rings is 1. The van der Waals surface area contributed by atoms with Gasteiger partial charge in [-0.1, -0.05) is 6.07 Å². The van der Waals surface area contributed by atoms with Crippen molar-refractivity contribution in [2.24, 2.45) is 0 Å². The number of thioether (sulfide) groups is 1. The van der Waals surface area contributed by atoms with E-state index in [1.54, 1.807) is 30.5 Å². The van der Waals surface area contributed by atoms with Crippen LogP contribution in [0.2, 0.25) is 0 Å². The van der Waals surface area contributed by atoms with Crippen LogP contribution in [0, 0.1) is 0 Å². The average Bonchev–Trinajstić information content (AvgIpc) is 3.35. The van der Waals surface area contributed by atoms with Gasteiger partial charge in [0.1, 0.15) is 5.65 Å². The molecule has 0 unspecified atom stereocenters. The predicted molar refractivity (Wildman–Crippen MR) is 114 cm³/mol. The van der Waals surface area contributed by atoms with Gasteiger partial charge in [-0.05, 0) is 59.3 Å². The number of amides is 2. The molecular formula is C20H14N4O4S2. The van der Waals surface area contributed by atoms with Crippen molar-refractivity contribution in [1.29, 1.82) is 0 Å². The maximum atomic E-state index is 12.1. The van der Waals surface area contributed by atoms with Crippen molar-refractivity contribution >= 4 is 56.2 Å². The van der Waals surface area contributed by atoms with Crippen molar-refractivity contribution in [2.75, 3.05) is 5.32 Å². The molecule has 0 atom stereocenters. The van der Waals surface area contributed by atoms with Crippen molar-refractivity contribution in [3.05, 3.63) is 69.9 Å². The van der Waals surface area contributed by atoms with Crippen molar-refractivity contribution in [3.63, 3.8) is 0 Å². The van der Waals surface area contributed by atoms with Crippen LogP contribution >= 0.6 is 11.8 Å². The number of pyridine rings is 1. The fraction of sp³-hybridized carbons (Fsp3) is 0.0500. The van der Waals surface area contributed by atoms with Crippen LogP contribution in [-0.4, -0.2) is 28.9 Å². The Morgan fingerprint density at radius 3 is 2.87 bits per heavy atom. The number of nitrogens with zero attached hydrogens (tertiary/aromatic N) is 2. The standard InChI is InChI=1S/C20H14N4O4S2/c25-19-16(29-20(26)23-19)7-12-1-4-18-22-10-15(24(18)11-12)9-21-14-3-2-13-5-6-30(27,28)17(13)8-14/h1-8,10-11,21H,9H2,(H,23,25,26)/b16-7-. The van der Waals surface area contributed by atoms with E-state index in [4.69, 9.17) is 0 Å². The summed E-state index contributed by atoms with van der Waals surface area (Å²) in [6.07, 6.45) is 6.80. The average molecular weight is 438 g/mol. The molecule has 5 rings (SSSR count). The van der Waals surface area contributed by atoms with Gasteiger partial charge in [-0.3, -0.25) is 14.9 Å². The lowest BCUT2D eigenvalue weighted by Crippen LogP contribution is -2.17. The highest BCUT2D eigenvalue weighted by Crippen LogP contribution is 2.29. The molecule has 8 nitrogen and oxygen atoms in total. The number of carbonyl (C=O) groups is 2. The number of carbonyl (C=O) groups excluding carboxylic acids is 2. The van der Waals surface area contributed by atoms with Gasteiger partial charge in [0.25, 0.3) is 11.1 Å². The van der Waals surface area contributed by atoms with Crippen LogP contribution in [0.25, 0.3) is 17.8 Å². The predicted octanol–water partition coefficient (Wildman–Crippen LogP) is 3.03. The van der Waals surface area contributed by atoms with Gasteiger partial charge < -0.3 is 9.72 Å². The van der Waals surface area contributed by atoms with Crippen LogP contribution < -0.4 is 10.6 Å². The Bertz CT molecular complexity index is 1400. The summed E-state index contributed by atoms with van der Waals surface area (Å²) in [5, 5.41) is 6.29. The second kappa shape index (κ2) is 6.85. The molecule has 1 aromatic carbocycles. The lowest BCUT2D eigenvalue weighted by molar-refractivity contribution is -0.115. The van der Waals surface area contributed by atoms with Gasteiger partial charge in [0.2, 0.25) is 9.84 Å². The molecule has 2 N–H and O–H groups in total. The number of benzene rings is 1. The molecule has 4 heterocycles. The number of hydrogen-bond acceptors (Lipinski definition) is 7. The van der Waals surface area contributed by atoms with Crippen molar-refractivity contribution in [3.8, 4) is 0 Å². The maximum Gasteiger partial charge on any atom is 0.290 e. The fourth-order valence-electron chi connectivity index (χ4n) is 3.29. The molecule has 0 aliphatic carbocycles. The van der Waals surface area contributed by atoms with Crippen molar-refractivity contribution < 1.29 is 18.0 Å². The monoisotopic (exact) mass is 438 g/mol. The van der Waals surface area contributed by atoms with E-state index in [1.807, 2.05) is 28.8 Å². The van der Waals surface area contributed by atoms with E-state index in [1.165, 1.54) is 5.41 Å². The summed E-state index contributed by atoms with van der Waals surface area (Å²) in [6, 6.07) is 8.86. The van der Waals surface area contributed by atoms with E-state index in [2.05, 4.69) is 15.6 Å². The topological polar surface area (TPSA) is 110 Å². The molecule has 2 amide bonds. The first-order valence-electron chi connectivity index (χ1n) is 8.91. The Labute approximate surface area is 175 Å². The minimum Gasteiger partial charge on any atom is -0.379 e. The number of sulfone groups is 1. The Morgan fingerprint density at radius 1 is 1.20 bits per heavy atom. The zero-order valence-electron chi connectivity index (χ0n) is 15.3. The summed E-state index contributed by atoms with van der Waals surface area (Å²) in [4.78, 5) is 28.1. The number of fused-ring (bicyclic) bond motifs is 2. The molecule has 150 valence electrons. The van der Waals surface area contributed by atoms with Gasteiger partial charge in [0.15, 0.2) is 0 Å². The molecular weight excluding hydrogens is 424 g/mol. The molecule has 3 aromatic rings. The first-order chi connectivity index (χ1) is 14.4. The normalized spacial score (nSPS) is 18.2. The molecule has 0 saturated carbocycles. The highest BCUT2D eigenvalue weighted by molar-refractivity contribution is 8.18. The molecule has 10 heteroatoms. The van der Waals surface area contributed by atoms with Crippen molar-refractivity contribution in [1.82, 2.24) is 14.7 Å². The third kappa shape index (κ3) is 3.29. The Balaban J connectivity index is 1.40. The molecule has 0 bridgehead atoms. The second-order valence-corrected chi connectivity index (χ2v) is 9.56. The van der Waals surface area contributed by atoms with Gasteiger partial charge in [0.05, 0.1) is 28.2 Å². The van der Waals surface area contributed by atoms with E-state index in [0.29, 0.717) is 27.6 Å². The smallest absolute Gasteiger partial charge is 0.290 e. The highest BCUT2D eigenvalue weighted by Gasteiger charge is 2.25. The van der Waals surface area contributed by atoms with Crippen LogP contribution in [0.4, 0.5) is 10.5 Å². The first kappa shape index (κ1) is 18.6. The molecule has 0 spiro atoms. The van der Waals surface area contributed by atoms with Crippen LogP contribution in [0.15, 0.2) is 57.9 Å². The second-order valence-electron chi connectivity index (χ2n) is 6.75. The third-order valence-electron chi connectivity index (χ3n) is 4.77. The van der Waals surface area contributed by atoms with E-state index in [9.17, 15) is 18.0 Å². The van der Waals surface area contributed by atoms with Crippen LogP contribution in [0.3, 0.4) is 0 Å². The van der Waals surface area contributed by atoms with E-state index >= 15 is 0 Å². The Morgan fingerprint density at radius 2 is 2.07 bits per heavy atom. The first-order valence-corrected chi connectivity index (χ1v) is 11.3. The van der Waals surface area contributed by atoms with E-state index in [0.717, 1.165) is 28.7 Å². The molecule has 2 aliphatic heterocycles. The Kier molecular flexibility index (Phi) is 4.26. The fourth-order valence-corrected chi connectivity index (χ4v) is 5.20. The molecule has 1 fully saturated rings. The number of rotatable bonds is 4. The van der Waals surface area contributed by atoms with Gasteiger partial charge in [0, 0.05) is 17.3 Å². The lowest BCUT2D eigenvalue weighted by Gasteiger charge is -2.09. The van der Waals surface area contributed by atoms with Crippen LogP contribution in [0.5, 0.6) is 0 Å². The van der Waals surface area contributed by atoms with Gasteiger partial charge in [-0.25, -0.2) is 13.4 Å². The lowest BCUT2D eigenvalue weighted by atomic mass is 10.2. The SMILES string of the molecule is O=C1NC(=O)/C(=C/c2ccc3ncc(CNc4ccc5c(c4)S(=O)(=O)C=C5)n3c2)S1. The molecule has 2 aliphatic rings. The van der Waals surface area contributed by atoms with Crippen LogP contribution in [0.1, 0.15) is 16.8 Å². The molecule has 2 aromatic heterocycles. The summed E-state index contributed by atoms with van der Waals surface area (Å²) < 4.78 is 26.0. The number of anilines is 1. The summed E-state index contributed by atoms with van der Waals surface area (Å²) in [6.45, 7) is 0.418. The number of hydrogen-bond donors (Lipinski definition) is 2.